The van der Waals surface area contributed by atoms with Crippen LogP contribution in [0.15, 0.2) is 52.3 Å². The van der Waals surface area contributed by atoms with Crippen LogP contribution < -0.4 is 0 Å². The van der Waals surface area contributed by atoms with Gasteiger partial charge in [0.05, 0.1) is 6.61 Å². The molecule has 1 N–H and O–H groups in total. The van der Waals surface area contributed by atoms with E-state index in [4.69, 9.17) is 0 Å². The van der Waals surface area contributed by atoms with Gasteiger partial charge in [-0.3, -0.25) is 0 Å². The van der Waals surface area contributed by atoms with Gasteiger partial charge in [-0.25, -0.2) is 0 Å². The van der Waals surface area contributed by atoms with E-state index in [1.165, 1.54) is 10.5 Å². The highest BCUT2D eigenvalue weighted by Gasteiger charge is 2.08. The smallest absolute Gasteiger partial charge is 0.0693 e. The van der Waals surface area contributed by atoms with Gasteiger partial charge < -0.3 is 10.0 Å². The lowest BCUT2D eigenvalue weighted by atomic mass is 10.2. The van der Waals surface area contributed by atoms with Crippen molar-refractivity contribution in [3.8, 4) is 0 Å². The predicted octanol–water partition coefficient (Wildman–Crippen LogP) is 4.00. The molecule has 2 nitrogen and oxygen atoms in total. The Morgan fingerprint density at radius 1 is 1.05 bits per heavy atom. The molecule has 20 heavy (non-hydrogen) atoms. The van der Waals surface area contributed by atoms with Crippen molar-refractivity contribution in [1.82, 2.24) is 4.90 Å². The van der Waals surface area contributed by atoms with Gasteiger partial charge in [0.25, 0.3) is 0 Å². The first-order valence-corrected chi connectivity index (χ1v) is 8.29. The highest BCUT2D eigenvalue weighted by Crippen LogP contribution is 2.34. The minimum Gasteiger partial charge on any atom is -0.392 e. The van der Waals surface area contributed by atoms with Crippen LogP contribution in [0.5, 0.6) is 0 Å². The van der Waals surface area contributed by atoms with Gasteiger partial charge in [-0.15, -0.1) is 0 Å². The van der Waals surface area contributed by atoms with Crippen molar-refractivity contribution >= 4 is 34.4 Å². The molecule has 0 saturated heterocycles. The maximum Gasteiger partial charge on any atom is 0.0693 e. The fourth-order valence-corrected chi connectivity index (χ4v) is 3.56. The zero-order valence-electron chi connectivity index (χ0n) is 11.6. The molecule has 0 heterocycles. The lowest BCUT2D eigenvalue weighted by Crippen LogP contribution is -2.11. The SMILES string of the molecule is CN(C)Cc1ccccc1Sc1ccc([123I])cc1CO. The van der Waals surface area contributed by atoms with Crippen molar-refractivity contribution in [3.05, 3.63) is 57.2 Å². The Kier molecular flexibility index (Phi) is 5.89. The van der Waals surface area contributed by atoms with Crippen molar-refractivity contribution in [2.24, 2.45) is 0 Å². The average Bonchev–Trinajstić information content (AvgIpc) is 2.42. The number of nitrogens with zero attached hydrogens (tertiary/aromatic N) is 1. The van der Waals surface area contributed by atoms with Crippen LogP contribution in [0, 0.1) is 3.57 Å². The Balaban J connectivity index is 2.30. The standard InChI is InChI=1S/C16H18INOS/c1-18(2)10-12-5-3-4-6-15(12)20-16-8-7-14(17)9-13(16)11-19/h3-9,19H,10-11H2,1-2H3/i17-4. The van der Waals surface area contributed by atoms with E-state index < -0.39 is 0 Å². The van der Waals surface area contributed by atoms with Crippen LogP contribution >= 0.6 is 34.4 Å². The second-order valence-corrected chi connectivity index (χ2v) is 7.19. The second-order valence-electron chi connectivity index (χ2n) is 4.86. The van der Waals surface area contributed by atoms with Crippen LogP contribution in [-0.4, -0.2) is 24.1 Å². The topological polar surface area (TPSA) is 23.5 Å². The number of halogens is 1. The fourth-order valence-electron chi connectivity index (χ4n) is 1.96. The number of benzene rings is 2. The fraction of sp³-hybridized carbons (Fsp3) is 0.250. The van der Waals surface area contributed by atoms with Crippen molar-refractivity contribution in [3.63, 3.8) is 0 Å². The largest absolute Gasteiger partial charge is 0.392 e. The summed E-state index contributed by atoms with van der Waals surface area (Å²) < 4.78 is 1.15. The van der Waals surface area contributed by atoms with Crippen molar-refractivity contribution in [2.75, 3.05) is 14.1 Å². The number of hydrogen-bond donors (Lipinski definition) is 1. The minimum absolute atomic E-state index is 0.0784. The Morgan fingerprint density at radius 2 is 1.75 bits per heavy atom. The predicted molar refractivity (Wildman–Crippen MR) is 93.0 cm³/mol. The highest BCUT2D eigenvalue weighted by atomic mass is 123. The number of aliphatic hydroxyl groups excluding tert-OH is 1. The van der Waals surface area contributed by atoms with Crippen LogP contribution in [0.2, 0.25) is 0 Å². The first-order chi connectivity index (χ1) is 9.60. The van der Waals surface area contributed by atoms with Crippen molar-refractivity contribution in [2.45, 2.75) is 22.9 Å². The molecule has 0 spiro atoms. The Hall–Kier alpha value is -0.560. The summed E-state index contributed by atoms with van der Waals surface area (Å²) >= 11 is 4.00. The highest BCUT2D eigenvalue weighted by molar-refractivity contribution is 14.1. The maximum atomic E-state index is 9.51. The first-order valence-electron chi connectivity index (χ1n) is 6.40. The van der Waals surface area contributed by atoms with E-state index in [1.807, 2.05) is 6.07 Å². The zero-order valence-corrected chi connectivity index (χ0v) is 14.6. The molecule has 106 valence electrons. The third kappa shape index (κ3) is 4.22. The normalized spacial score (nSPS) is 11.1. The van der Waals surface area contributed by atoms with Gasteiger partial charge in [-0.2, -0.15) is 0 Å². The molecule has 0 aliphatic heterocycles. The summed E-state index contributed by atoms with van der Waals surface area (Å²) in [7, 11) is 4.15. The van der Waals surface area contributed by atoms with Crippen LogP contribution in [0.25, 0.3) is 0 Å². The molecule has 0 aliphatic rings. The third-order valence-corrected chi connectivity index (χ3v) is 4.78. The molecule has 4 heteroatoms. The van der Waals surface area contributed by atoms with E-state index in [9.17, 15) is 5.11 Å². The second kappa shape index (κ2) is 7.45. The maximum absolute atomic E-state index is 9.51. The third-order valence-electron chi connectivity index (χ3n) is 2.87. The van der Waals surface area contributed by atoms with Gasteiger partial charge in [0.2, 0.25) is 0 Å². The van der Waals surface area contributed by atoms with E-state index in [0.29, 0.717) is 0 Å². The first kappa shape index (κ1) is 15.8. The Morgan fingerprint density at radius 3 is 2.45 bits per heavy atom. The molecule has 0 saturated carbocycles. The summed E-state index contributed by atoms with van der Waals surface area (Å²) in [5, 5.41) is 9.51. The molecule has 0 amide bonds. The monoisotopic (exact) mass is 395 g/mol. The van der Waals surface area contributed by atoms with Crippen molar-refractivity contribution in [1.29, 1.82) is 0 Å². The molecule has 0 aliphatic carbocycles. The molecule has 2 aromatic rings. The summed E-state index contributed by atoms with van der Waals surface area (Å²) in [4.78, 5) is 4.54. The summed E-state index contributed by atoms with van der Waals surface area (Å²) in [5.74, 6) is 0. The lowest BCUT2D eigenvalue weighted by molar-refractivity contribution is 0.279. The van der Waals surface area contributed by atoms with Crippen LogP contribution in [0.3, 0.4) is 0 Å². The number of hydrogen-bond acceptors (Lipinski definition) is 3. The van der Waals surface area contributed by atoms with E-state index in [2.05, 4.69) is 78.0 Å². The van der Waals surface area contributed by atoms with Gasteiger partial charge in [-0.05, 0) is 72.1 Å². The van der Waals surface area contributed by atoms with Gasteiger partial charge in [0.15, 0.2) is 0 Å². The van der Waals surface area contributed by atoms with Crippen molar-refractivity contribution < 1.29 is 5.11 Å². The van der Waals surface area contributed by atoms with E-state index in [1.54, 1.807) is 11.8 Å². The molecule has 0 fully saturated rings. The molecule has 2 rings (SSSR count). The summed E-state index contributed by atoms with van der Waals surface area (Å²) in [6, 6.07) is 14.6. The Labute approximate surface area is 138 Å². The Bertz CT molecular complexity index is 586. The summed E-state index contributed by atoms with van der Waals surface area (Å²) in [6.45, 7) is 0.997. The lowest BCUT2D eigenvalue weighted by Gasteiger charge is -2.15. The molecule has 0 aromatic heterocycles. The molecule has 2 aromatic carbocycles. The van der Waals surface area contributed by atoms with E-state index in [-0.39, 0.29) is 6.61 Å². The van der Waals surface area contributed by atoms with Gasteiger partial charge in [0.1, 0.15) is 0 Å². The van der Waals surface area contributed by atoms with Gasteiger partial charge in [0, 0.05) is 19.9 Å². The zero-order chi connectivity index (χ0) is 14.5. The van der Waals surface area contributed by atoms with Crippen LogP contribution in [-0.2, 0) is 13.2 Å². The van der Waals surface area contributed by atoms with E-state index in [0.717, 1.165) is 20.6 Å². The van der Waals surface area contributed by atoms with Gasteiger partial charge in [-0.1, -0.05) is 30.0 Å². The number of rotatable bonds is 5. The molecular formula is C16H18INOS. The molecular weight excluding hydrogens is 377 g/mol. The molecule has 0 atom stereocenters. The molecule has 0 bridgehead atoms. The van der Waals surface area contributed by atoms with Crippen LogP contribution in [0.1, 0.15) is 11.1 Å². The molecule has 0 unspecified atom stereocenters. The van der Waals surface area contributed by atoms with Crippen LogP contribution in [0.4, 0.5) is 0 Å². The summed E-state index contributed by atoms with van der Waals surface area (Å²) in [6.07, 6.45) is 0. The minimum atomic E-state index is 0.0784. The van der Waals surface area contributed by atoms with E-state index >= 15 is 0 Å². The molecule has 0 radical (unpaired) electrons. The van der Waals surface area contributed by atoms with Gasteiger partial charge >= 0.3 is 0 Å². The number of aliphatic hydroxyl groups is 1. The quantitative estimate of drug-likeness (QED) is 0.775. The average molecular weight is 395 g/mol. The summed E-state index contributed by atoms with van der Waals surface area (Å²) in [5.41, 5.74) is 2.30.